The number of carboxylic acid groups (broad SMARTS) is 1. The van der Waals surface area contributed by atoms with Crippen LogP contribution in [0.3, 0.4) is 0 Å². The van der Waals surface area contributed by atoms with Gasteiger partial charge in [-0.05, 0) is 43.5 Å². The van der Waals surface area contributed by atoms with Gasteiger partial charge in [-0.1, -0.05) is 12.8 Å². The number of benzene rings is 1. The van der Waals surface area contributed by atoms with Gasteiger partial charge in [0.2, 0.25) is 5.91 Å². The first-order chi connectivity index (χ1) is 11.2. The number of amides is 1. The number of sulfone groups is 1. The number of anilines is 1. The molecule has 1 aliphatic carbocycles. The summed E-state index contributed by atoms with van der Waals surface area (Å²) >= 11 is 0. The van der Waals surface area contributed by atoms with E-state index in [0.29, 0.717) is 42.7 Å². The third kappa shape index (κ3) is 3.69. The zero-order valence-electron chi connectivity index (χ0n) is 13.7. The van der Waals surface area contributed by atoms with E-state index in [1.165, 1.54) is 6.07 Å². The summed E-state index contributed by atoms with van der Waals surface area (Å²) in [6, 6.07) is 4.71. The van der Waals surface area contributed by atoms with Crippen LogP contribution in [0, 0.1) is 6.92 Å². The summed E-state index contributed by atoms with van der Waals surface area (Å²) in [7, 11) is -3.52. The van der Waals surface area contributed by atoms with Gasteiger partial charge in [-0.15, -0.1) is 0 Å². The third-order valence-corrected chi connectivity index (χ3v) is 6.36. The van der Waals surface area contributed by atoms with Crippen LogP contribution in [0.4, 0.5) is 5.69 Å². The number of carbonyl (C=O) groups excluding carboxylic acids is 1. The van der Waals surface area contributed by atoms with Gasteiger partial charge in [0, 0.05) is 11.9 Å². The molecule has 1 aromatic carbocycles. The van der Waals surface area contributed by atoms with E-state index in [-0.39, 0.29) is 0 Å². The van der Waals surface area contributed by atoms with E-state index in [4.69, 9.17) is 9.84 Å². The molecule has 1 aliphatic rings. The average molecular weight is 355 g/mol. The van der Waals surface area contributed by atoms with E-state index < -0.39 is 33.1 Å². The lowest BCUT2D eigenvalue weighted by atomic mass is 10.1. The molecule has 0 saturated heterocycles. The average Bonchev–Trinajstić information content (AvgIpc) is 2.98. The molecule has 132 valence electrons. The first kappa shape index (κ1) is 18.3. The smallest absolute Gasteiger partial charge is 0.341 e. The first-order valence-electron chi connectivity index (χ1n) is 7.62. The number of carboxylic acids is 1. The van der Waals surface area contributed by atoms with Gasteiger partial charge in [0.05, 0.1) is 0 Å². The number of aliphatic carboxylic acids is 1. The predicted molar refractivity (Wildman–Crippen MR) is 89.0 cm³/mol. The van der Waals surface area contributed by atoms with Crippen molar-refractivity contribution in [1.29, 1.82) is 0 Å². The second-order valence-electron chi connectivity index (χ2n) is 6.09. The molecule has 8 heteroatoms. The summed E-state index contributed by atoms with van der Waals surface area (Å²) in [5, 5.41) is 11.3. The molecule has 1 saturated carbocycles. The minimum Gasteiger partial charge on any atom is -0.482 e. The Bertz CT molecular complexity index is 750. The third-order valence-electron chi connectivity index (χ3n) is 4.34. The summed E-state index contributed by atoms with van der Waals surface area (Å²) < 4.78 is 28.0. The molecular weight excluding hydrogens is 334 g/mol. The highest BCUT2D eigenvalue weighted by Gasteiger charge is 2.50. The van der Waals surface area contributed by atoms with Crippen LogP contribution >= 0.6 is 0 Å². The normalized spacial score (nSPS) is 16.6. The molecule has 0 spiro atoms. The molecule has 0 atom stereocenters. The Morgan fingerprint density at radius 2 is 1.92 bits per heavy atom. The van der Waals surface area contributed by atoms with E-state index >= 15 is 0 Å². The Morgan fingerprint density at radius 3 is 2.42 bits per heavy atom. The van der Waals surface area contributed by atoms with Crippen molar-refractivity contribution in [3.05, 3.63) is 23.8 Å². The van der Waals surface area contributed by atoms with Crippen LogP contribution in [-0.2, 0) is 19.4 Å². The molecule has 7 nitrogen and oxygen atoms in total. The van der Waals surface area contributed by atoms with Crippen LogP contribution in [0.2, 0.25) is 0 Å². The van der Waals surface area contributed by atoms with E-state index in [1.807, 2.05) is 0 Å². The Labute approximate surface area is 140 Å². The summed E-state index contributed by atoms with van der Waals surface area (Å²) in [5.74, 6) is -1.22. The summed E-state index contributed by atoms with van der Waals surface area (Å²) in [4.78, 5) is 23.1. The molecule has 0 radical (unpaired) electrons. The second kappa shape index (κ2) is 6.80. The van der Waals surface area contributed by atoms with Gasteiger partial charge in [0.25, 0.3) is 0 Å². The fourth-order valence-electron chi connectivity index (χ4n) is 2.96. The maximum atomic E-state index is 12.6. The van der Waals surface area contributed by atoms with Crippen molar-refractivity contribution in [3.8, 4) is 5.75 Å². The van der Waals surface area contributed by atoms with Crippen LogP contribution in [0.1, 0.15) is 31.2 Å². The highest BCUT2D eigenvalue weighted by molar-refractivity contribution is 7.92. The van der Waals surface area contributed by atoms with E-state index in [1.54, 1.807) is 19.1 Å². The Hall–Kier alpha value is -2.09. The summed E-state index contributed by atoms with van der Waals surface area (Å²) in [5.41, 5.74) is 1.14. The molecular formula is C16H21NO6S. The predicted octanol–water partition coefficient (Wildman–Crippen LogP) is 1.75. The quantitative estimate of drug-likeness (QED) is 0.804. The number of hydrogen-bond donors (Lipinski definition) is 2. The lowest BCUT2D eigenvalue weighted by Gasteiger charge is -2.26. The SMILES string of the molecule is Cc1cc(OCC(=O)O)ccc1NC(=O)C1(S(C)(=O)=O)CCCC1. The van der Waals surface area contributed by atoms with Crippen LogP contribution in [0.5, 0.6) is 5.75 Å². The molecule has 1 fully saturated rings. The van der Waals surface area contributed by atoms with Crippen molar-refractivity contribution >= 4 is 27.4 Å². The number of carbonyl (C=O) groups is 2. The zero-order valence-corrected chi connectivity index (χ0v) is 14.5. The highest BCUT2D eigenvalue weighted by Crippen LogP contribution is 2.38. The van der Waals surface area contributed by atoms with Crippen LogP contribution in [0.25, 0.3) is 0 Å². The largest absolute Gasteiger partial charge is 0.482 e. The molecule has 2 rings (SSSR count). The number of ether oxygens (including phenoxy) is 1. The molecule has 0 bridgehead atoms. The first-order valence-corrected chi connectivity index (χ1v) is 9.51. The van der Waals surface area contributed by atoms with Crippen molar-refractivity contribution in [1.82, 2.24) is 0 Å². The molecule has 24 heavy (non-hydrogen) atoms. The molecule has 1 amide bonds. The maximum absolute atomic E-state index is 12.6. The van der Waals surface area contributed by atoms with Gasteiger partial charge >= 0.3 is 5.97 Å². The Morgan fingerprint density at radius 1 is 1.29 bits per heavy atom. The molecule has 0 aliphatic heterocycles. The monoisotopic (exact) mass is 355 g/mol. The van der Waals surface area contributed by atoms with Crippen molar-refractivity contribution in [3.63, 3.8) is 0 Å². The Balaban J connectivity index is 2.18. The minimum absolute atomic E-state index is 0.330. The number of aryl methyl sites for hydroxylation is 1. The molecule has 0 unspecified atom stereocenters. The molecule has 0 heterocycles. The maximum Gasteiger partial charge on any atom is 0.341 e. The van der Waals surface area contributed by atoms with Crippen molar-refractivity contribution < 1.29 is 27.9 Å². The van der Waals surface area contributed by atoms with Crippen molar-refractivity contribution in [2.24, 2.45) is 0 Å². The zero-order chi connectivity index (χ0) is 18.0. The molecule has 0 aromatic heterocycles. The van der Waals surface area contributed by atoms with Gasteiger partial charge in [-0.3, -0.25) is 4.79 Å². The van der Waals surface area contributed by atoms with Gasteiger partial charge in [-0.2, -0.15) is 0 Å². The fraction of sp³-hybridized carbons (Fsp3) is 0.500. The Kier molecular flexibility index (Phi) is 5.17. The standard InChI is InChI=1S/C16H21NO6S/c1-11-9-12(23-10-14(18)19)5-6-13(11)17-15(20)16(24(2,21)22)7-3-4-8-16/h5-6,9H,3-4,7-8,10H2,1-2H3,(H,17,20)(H,18,19). The van der Waals surface area contributed by atoms with Gasteiger partial charge in [0.1, 0.15) is 5.75 Å². The number of hydrogen-bond acceptors (Lipinski definition) is 5. The van der Waals surface area contributed by atoms with E-state index in [0.717, 1.165) is 6.26 Å². The lowest BCUT2D eigenvalue weighted by molar-refractivity contribution is -0.139. The van der Waals surface area contributed by atoms with Gasteiger partial charge in [0.15, 0.2) is 21.2 Å². The highest BCUT2D eigenvalue weighted by atomic mass is 32.2. The van der Waals surface area contributed by atoms with Crippen LogP contribution < -0.4 is 10.1 Å². The van der Waals surface area contributed by atoms with Crippen LogP contribution in [-0.4, -0.2) is 43.0 Å². The van der Waals surface area contributed by atoms with E-state index in [9.17, 15) is 18.0 Å². The van der Waals surface area contributed by atoms with Crippen LogP contribution in [0.15, 0.2) is 18.2 Å². The molecule has 1 aromatic rings. The lowest BCUT2D eigenvalue weighted by Crippen LogP contribution is -2.47. The fourth-order valence-corrected chi connectivity index (χ4v) is 4.38. The minimum atomic E-state index is -3.52. The topological polar surface area (TPSA) is 110 Å². The van der Waals surface area contributed by atoms with Gasteiger partial charge < -0.3 is 15.2 Å². The molecule has 2 N–H and O–H groups in total. The summed E-state index contributed by atoms with van der Waals surface area (Å²) in [6.45, 7) is 1.27. The number of nitrogens with one attached hydrogen (secondary N) is 1. The van der Waals surface area contributed by atoms with E-state index in [2.05, 4.69) is 5.32 Å². The summed E-state index contributed by atoms with van der Waals surface area (Å²) in [6.07, 6.45) is 3.18. The van der Waals surface area contributed by atoms with Gasteiger partial charge in [-0.25, -0.2) is 13.2 Å². The second-order valence-corrected chi connectivity index (χ2v) is 8.41. The van der Waals surface area contributed by atoms with Crippen molar-refractivity contribution in [2.45, 2.75) is 37.4 Å². The van der Waals surface area contributed by atoms with Crippen molar-refractivity contribution in [2.75, 3.05) is 18.2 Å². The number of rotatable bonds is 6.